The number of nitrogens with two attached hydrogens (primary N) is 1. The molecule has 0 aliphatic rings. The molecule has 100 valence electrons. The Hall–Kier alpha value is -1.80. The highest BCUT2D eigenvalue weighted by molar-refractivity contribution is 5.44. The number of benzene rings is 2. The van der Waals surface area contributed by atoms with Gasteiger partial charge in [0.2, 0.25) is 0 Å². The van der Waals surface area contributed by atoms with Gasteiger partial charge in [0.25, 0.3) is 0 Å². The molecule has 0 unspecified atom stereocenters. The molecule has 2 heteroatoms. The molecule has 0 bridgehead atoms. The molecule has 0 heterocycles. The SMILES string of the molecule is Cc1cc(CCN)ccc1Oc1cccc(C)c1C. The van der Waals surface area contributed by atoms with Crippen LogP contribution in [0, 0.1) is 20.8 Å². The van der Waals surface area contributed by atoms with Gasteiger partial charge < -0.3 is 10.5 Å². The second-order valence-corrected chi connectivity index (χ2v) is 4.94. The maximum absolute atomic E-state index is 6.02. The van der Waals surface area contributed by atoms with E-state index in [2.05, 4.69) is 39.0 Å². The fourth-order valence-electron chi connectivity index (χ4n) is 2.10. The van der Waals surface area contributed by atoms with Gasteiger partial charge in [-0.15, -0.1) is 0 Å². The van der Waals surface area contributed by atoms with Crippen molar-refractivity contribution in [2.45, 2.75) is 27.2 Å². The molecular formula is C17H21NO. The van der Waals surface area contributed by atoms with Crippen molar-refractivity contribution in [1.29, 1.82) is 0 Å². The van der Waals surface area contributed by atoms with Crippen molar-refractivity contribution in [2.24, 2.45) is 5.73 Å². The number of rotatable bonds is 4. The topological polar surface area (TPSA) is 35.2 Å². The molecule has 2 nitrogen and oxygen atoms in total. The van der Waals surface area contributed by atoms with Crippen molar-refractivity contribution in [1.82, 2.24) is 0 Å². The summed E-state index contributed by atoms with van der Waals surface area (Å²) in [6.07, 6.45) is 0.907. The molecule has 2 N–H and O–H groups in total. The molecule has 2 aromatic rings. The molecule has 19 heavy (non-hydrogen) atoms. The van der Waals surface area contributed by atoms with Gasteiger partial charge in [0.1, 0.15) is 11.5 Å². The minimum atomic E-state index is 0.677. The van der Waals surface area contributed by atoms with Crippen LogP contribution in [0.15, 0.2) is 36.4 Å². The summed E-state index contributed by atoms with van der Waals surface area (Å²) < 4.78 is 6.02. The largest absolute Gasteiger partial charge is 0.457 e. The average molecular weight is 255 g/mol. The summed E-state index contributed by atoms with van der Waals surface area (Å²) in [7, 11) is 0. The van der Waals surface area contributed by atoms with E-state index < -0.39 is 0 Å². The summed E-state index contributed by atoms with van der Waals surface area (Å²) in [4.78, 5) is 0. The van der Waals surface area contributed by atoms with Gasteiger partial charge in [-0.25, -0.2) is 0 Å². The Balaban J connectivity index is 2.26. The Morgan fingerprint density at radius 1 is 0.947 bits per heavy atom. The second kappa shape index (κ2) is 5.89. The standard InChI is InChI=1S/C17H21NO/c1-12-5-4-6-17(14(12)3)19-16-8-7-15(9-10-18)11-13(16)2/h4-8,11H,9-10,18H2,1-3H3. The van der Waals surface area contributed by atoms with Crippen molar-refractivity contribution in [3.8, 4) is 11.5 Å². The first-order valence-electron chi connectivity index (χ1n) is 6.65. The average Bonchev–Trinajstić information content (AvgIpc) is 2.38. The first-order valence-corrected chi connectivity index (χ1v) is 6.65. The summed E-state index contributed by atoms with van der Waals surface area (Å²) in [5, 5.41) is 0. The highest BCUT2D eigenvalue weighted by atomic mass is 16.5. The molecule has 0 saturated carbocycles. The van der Waals surface area contributed by atoms with Crippen LogP contribution in [0.4, 0.5) is 0 Å². The Bertz CT molecular complexity index is 575. The fourth-order valence-corrected chi connectivity index (χ4v) is 2.10. The zero-order valence-corrected chi connectivity index (χ0v) is 11.9. The number of ether oxygens (including phenoxy) is 1. The lowest BCUT2D eigenvalue weighted by Gasteiger charge is -2.13. The third kappa shape index (κ3) is 3.15. The van der Waals surface area contributed by atoms with Gasteiger partial charge in [-0.2, -0.15) is 0 Å². The van der Waals surface area contributed by atoms with Crippen LogP contribution in [0.2, 0.25) is 0 Å². The third-order valence-electron chi connectivity index (χ3n) is 3.45. The van der Waals surface area contributed by atoms with Crippen molar-refractivity contribution in [2.75, 3.05) is 6.54 Å². The third-order valence-corrected chi connectivity index (χ3v) is 3.45. The van der Waals surface area contributed by atoms with Crippen molar-refractivity contribution in [3.63, 3.8) is 0 Å². The van der Waals surface area contributed by atoms with Crippen LogP contribution in [0.1, 0.15) is 22.3 Å². The Morgan fingerprint density at radius 2 is 1.74 bits per heavy atom. The molecule has 0 fully saturated rings. The van der Waals surface area contributed by atoms with Gasteiger partial charge in [0.05, 0.1) is 0 Å². The van der Waals surface area contributed by atoms with E-state index in [-0.39, 0.29) is 0 Å². The summed E-state index contributed by atoms with van der Waals surface area (Å²) in [6, 6.07) is 12.4. The van der Waals surface area contributed by atoms with Crippen molar-refractivity contribution < 1.29 is 4.74 Å². The molecular weight excluding hydrogens is 234 g/mol. The van der Waals surface area contributed by atoms with Gasteiger partial charge >= 0.3 is 0 Å². The molecule has 0 radical (unpaired) electrons. The van der Waals surface area contributed by atoms with E-state index in [0.29, 0.717) is 6.54 Å². The predicted octanol–water partition coefficient (Wildman–Crippen LogP) is 3.91. The summed E-state index contributed by atoms with van der Waals surface area (Å²) in [5.41, 5.74) is 10.4. The molecule has 0 aromatic heterocycles. The first kappa shape index (κ1) is 13.6. The molecule has 2 rings (SSSR count). The smallest absolute Gasteiger partial charge is 0.130 e. The molecule has 2 aromatic carbocycles. The first-order chi connectivity index (χ1) is 9.11. The molecule has 0 saturated heterocycles. The minimum Gasteiger partial charge on any atom is -0.457 e. The minimum absolute atomic E-state index is 0.677. The van der Waals surface area contributed by atoms with E-state index in [0.717, 1.165) is 23.5 Å². The maximum atomic E-state index is 6.02. The lowest BCUT2D eigenvalue weighted by molar-refractivity contribution is 0.474. The Kier molecular flexibility index (Phi) is 4.23. The van der Waals surface area contributed by atoms with Crippen molar-refractivity contribution >= 4 is 0 Å². The molecule has 0 amide bonds. The van der Waals surface area contributed by atoms with Gasteiger partial charge in [0, 0.05) is 0 Å². The van der Waals surface area contributed by atoms with E-state index in [1.807, 2.05) is 18.2 Å². The van der Waals surface area contributed by atoms with Gasteiger partial charge in [-0.05, 0) is 68.1 Å². The second-order valence-electron chi connectivity index (χ2n) is 4.94. The number of hydrogen-bond acceptors (Lipinski definition) is 2. The zero-order valence-electron chi connectivity index (χ0n) is 11.9. The van der Waals surface area contributed by atoms with Crippen LogP contribution in [0.5, 0.6) is 11.5 Å². The zero-order chi connectivity index (χ0) is 13.8. The lowest BCUT2D eigenvalue weighted by Crippen LogP contribution is -2.03. The Labute approximate surface area is 115 Å². The highest BCUT2D eigenvalue weighted by Crippen LogP contribution is 2.29. The fraction of sp³-hybridized carbons (Fsp3) is 0.294. The van der Waals surface area contributed by atoms with E-state index in [1.165, 1.54) is 16.7 Å². The Morgan fingerprint density at radius 3 is 2.42 bits per heavy atom. The van der Waals surface area contributed by atoms with Crippen LogP contribution in [-0.2, 0) is 6.42 Å². The number of hydrogen-bond donors (Lipinski definition) is 1. The van der Waals surface area contributed by atoms with Crippen LogP contribution in [0.3, 0.4) is 0 Å². The lowest BCUT2D eigenvalue weighted by atomic mass is 10.1. The monoisotopic (exact) mass is 255 g/mol. The van der Waals surface area contributed by atoms with Gasteiger partial charge in [-0.3, -0.25) is 0 Å². The summed E-state index contributed by atoms with van der Waals surface area (Å²) in [5.74, 6) is 1.84. The molecule has 0 aliphatic carbocycles. The quantitative estimate of drug-likeness (QED) is 0.899. The summed E-state index contributed by atoms with van der Waals surface area (Å²) in [6.45, 7) is 6.93. The molecule has 0 spiro atoms. The highest BCUT2D eigenvalue weighted by Gasteiger charge is 2.06. The van der Waals surface area contributed by atoms with E-state index in [1.54, 1.807) is 0 Å². The predicted molar refractivity (Wildman–Crippen MR) is 79.9 cm³/mol. The molecule has 0 aliphatic heterocycles. The van der Waals surface area contributed by atoms with Crippen LogP contribution < -0.4 is 10.5 Å². The summed E-state index contributed by atoms with van der Waals surface area (Å²) >= 11 is 0. The van der Waals surface area contributed by atoms with Gasteiger partial charge in [-0.1, -0.05) is 24.3 Å². The van der Waals surface area contributed by atoms with E-state index >= 15 is 0 Å². The number of aryl methyl sites for hydroxylation is 2. The van der Waals surface area contributed by atoms with Crippen LogP contribution >= 0.6 is 0 Å². The van der Waals surface area contributed by atoms with E-state index in [4.69, 9.17) is 10.5 Å². The normalized spacial score (nSPS) is 10.5. The van der Waals surface area contributed by atoms with Gasteiger partial charge in [0.15, 0.2) is 0 Å². The van der Waals surface area contributed by atoms with Crippen LogP contribution in [0.25, 0.3) is 0 Å². The van der Waals surface area contributed by atoms with E-state index in [9.17, 15) is 0 Å². The van der Waals surface area contributed by atoms with Crippen molar-refractivity contribution in [3.05, 3.63) is 58.7 Å². The molecule has 0 atom stereocenters. The maximum Gasteiger partial charge on any atom is 0.130 e. The van der Waals surface area contributed by atoms with Crippen LogP contribution in [-0.4, -0.2) is 6.54 Å².